The van der Waals surface area contributed by atoms with E-state index in [0.29, 0.717) is 51.5 Å². The number of piperidine rings is 1. The highest BCUT2D eigenvalue weighted by atomic mass is 32.2. The van der Waals surface area contributed by atoms with Gasteiger partial charge in [-0.25, -0.2) is 13.2 Å². The van der Waals surface area contributed by atoms with E-state index in [0.717, 1.165) is 12.8 Å². The van der Waals surface area contributed by atoms with Gasteiger partial charge in [-0.05, 0) is 31.0 Å². The number of urea groups is 1. The minimum atomic E-state index is -3.63. The molecule has 2 fully saturated rings. The van der Waals surface area contributed by atoms with Gasteiger partial charge in [-0.2, -0.15) is 4.31 Å². The zero-order valence-corrected chi connectivity index (χ0v) is 17.4. The minimum Gasteiger partial charge on any atom is -0.379 e. The van der Waals surface area contributed by atoms with Crippen molar-refractivity contribution < 1.29 is 22.7 Å². The van der Waals surface area contributed by atoms with E-state index in [9.17, 15) is 18.0 Å². The van der Waals surface area contributed by atoms with Gasteiger partial charge in [0.15, 0.2) is 0 Å². The molecule has 29 heavy (non-hydrogen) atoms. The molecule has 0 saturated carbocycles. The Morgan fingerprint density at radius 3 is 2.69 bits per heavy atom. The van der Waals surface area contributed by atoms with Gasteiger partial charge in [0, 0.05) is 44.3 Å². The van der Waals surface area contributed by atoms with Crippen LogP contribution in [0.2, 0.25) is 0 Å². The molecule has 3 amide bonds. The molecule has 0 spiro atoms. The molecule has 3 rings (SSSR count). The summed E-state index contributed by atoms with van der Waals surface area (Å²) in [6, 6.07) is 5.91. The Labute approximate surface area is 171 Å². The highest BCUT2D eigenvalue weighted by Gasteiger charge is 2.27. The molecule has 0 radical (unpaired) electrons. The van der Waals surface area contributed by atoms with Gasteiger partial charge in [-0.3, -0.25) is 4.79 Å². The smallest absolute Gasteiger partial charge is 0.321 e. The number of hydrogen-bond donors (Lipinski definition) is 2. The summed E-state index contributed by atoms with van der Waals surface area (Å²) in [5.41, 5.74) is 0.420. The summed E-state index contributed by atoms with van der Waals surface area (Å²) in [6.45, 7) is 4.20. The van der Waals surface area contributed by atoms with Crippen LogP contribution >= 0.6 is 0 Å². The van der Waals surface area contributed by atoms with Crippen LogP contribution in [0.3, 0.4) is 0 Å². The molecule has 160 valence electrons. The van der Waals surface area contributed by atoms with E-state index in [1.807, 2.05) is 0 Å². The predicted octanol–water partition coefficient (Wildman–Crippen LogP) is 1.23. The lowest BCUT2D eigenvalue weighted by Crippen LogP contribution is -2.50. The third kappa shape index (κ3) is 5.46. The molecule has 1 unspecified atom stereocenters. The summed E-state index contributed by atoms with van der Waals surface area (Å²) in [5.74, 6) is -0.0294. The first-order chi connectivity index (χ1) is 13.9. The van der Waals surface area contributed by atoms with E-state index in [-0.39, 0.29) is 22.9 Å². The number of amides is 3. The standard InChI is InChI=1S/C19H28N4O5S/c1-2-18(24)20-16-6-4-8-22(14-16)19(25)21-15-5-3-7-17(13-15)29(26,27)23-9-11-28-12-10-23/h3,5,7,13,16H,2,4,6,8-12,14H2,1H3,(H,20,24)(H,21,25). The number of rotatable bonds is 5. The zero-order chi connectivity index (χ0) is 20.9. The summed E-state index contributed by atoms with van der Waals surface area (Å²) in [7, 11) is -3.63. The second-order valence-corrected chi connectivity index (χ2v) is 9.12. The van der Waals surface area contributed by atoms with Crippen molar-refractivity contribution in [3.8, 4) is 0 Å². The molecule has 2 N–H and O–H groups in total. The number of carbonyl (C=O) groups excluding carboxylic acids is 2. The SMILES string of the molecule is CCC(=O)NC1CCCN(C(=O)Nc2cccc(S(=O)(=O)N3CCOCC3)c2)C1. The van der Waals surface area contributed by atoms with Crippen LogP contribution in [0.25, 0.3) is 0 Å². The number of carbonyl (C=O) groups is 2. The number of nitrogens with zero attached hydrogens (tertiary/aromatic N) is 2. The molecule has 2 heterocycles. The van der Waals surface area contributed by atoms with E-state index in [1.165, 1.54) is 16.4 Å². The maximum absolute atomic E-state index is 12.8. The second kappa shape index (κ2) is 9.55. The van der Waals surface area contributed by atoms with Crippen molar-refractivity contribution in [2.45, 2.75) is 37.1 Å². The number of likely N-dealkylation sites (tertiary alicyclic amines) is 1. The Balaban J connectivity index is 1.65. The molecular weight excluding hydrogens is 396 g/mol. The molecule has 10 heteroatoms. The first-order valence-corrected chi connectivity index (χ1v) is 11.4. The fourth-order valence-electron chi connectivity index (χ4n) is 3.48. The minimum absolute atomic E-state index is 0.0294. The van der Waals surface area contributed by atoms with Gasteiger partial charge in [-0.1, -0.05) is 13.0 Å². The Bertz CT molecular complexity index is 839. The van der Waals surface area contributed by atoms with Gasteiger partial charge in [0.1, 0.15) is 0 Å². The average Bonchev–Trinajstić information content (AvgIpc) is 2.74. The lowest BCUT2D eigenvalue weighted by atomic mass is 10.1. The van der Waals surface area contributed by atoms with Crippen molar-refractivity contribution in [2.75, 3.05) is 44.7 Å². The van der Waals surface area contributed by atoms with Crippen LogP contribution in [0.1, 0.15) is 26.2 Å². The monoisotopic (exact) mass is 424 g/mol. The first kappa shape index (κ1) is 21.5. The third-order valence-electron chi connectivity index (χ3n) is 5.09. The second-order valence-electron chi connectivity index (χ2n) is 7.18. The van der Waals surface area contributed by atoms with E-state index >= 15 is 0 Å². The van der Waals surface area contributed by atoms with E-state index in [4.69, 9.17) is 4.74 Å². The van der Waals surface area contributed by atoms with Crippen LogP contribution in [0.15, 0.2) is 29.2 Å². The van der Waals surface area contributed by atoms with E-state index in [1.54, 1.807) is 24.0 Å². The number of nitrogens with one attached hydrogen (secondary N) is 2. The first-order valence-electron chi connectivity index (χ1n) is 9.93. The van der Waals surface area contributed by atoms with Crippen LogP contribution in [0.5, 0.6) is 0 Å². The summed E-state index contributed by atoms with van der Waals surface area (Å²) < 4.78 is 32.2. The van der Waals surface area contributed by atoms with Crippen LogP contribution < -0.4 is 10.6 Å². The van der Waals surface area contributed by atoms with Crippen molar-refractivity contribution >= 4 is 27.6 Å². The van der Waals surface area contributed by atoms with Crippen molar-refractivity contribution in [3.63, 3.8) is 0 Å². The molecule has 1 aromatic rings. The molecular formula is C19H28N4O5S. The molecule has 0 bridgehead atoms. The van der Waals surface area contributed by atoms with Crippen LogP contribution in [0, 0.1) is 0 Å². The number of benzene rings is 1. The summed E-state index contributed by atoms with van der Waals surface area (Å²) in [6.07, 6.45) is 2.05. The van der Waals surface area contributed by atoms with Gasteiger partial charge < -0.3 is 20.3 Å². The van der Waals surface area contributed by atoms with Gasteiger partial charge in [-0.15, -0.1) is 0 Å². The molecule has 1 aromatic carbocycles. The van der Waals surface area contributed by atoms with Gasteiger partial charge in [0.05, 0.1) is 18.1 Å². The highest BCUT2D eigenvalue weighted by molar-refractivity contribution is 7.89. The fourth-order valence-corrected chi connectivity index (χ4v) is 4.94. The number of hydrogen-bond acceptors (Lipinski definition) is 5. The van der Waals surface area contributed by atoms with Gasteiger partial charge in [0.2, 0.25) is 15.9 Å². The maximum Gasteiger partial charge on any atom is 0.321 e. The Morgan fingerprint density at radius 2 is 1.97 bits per heavy atom. The molecule has 9 nitrogen and oxygen atoms in total. The highest BCUT2D eigenvalue weighted by Crippen LogP contribution is 2.21. The summed E-state index contributed by atoms with van der Waals surface area (Å²) >= 11 is 0. The third-order valence-corrected chi connectivity index (χ3v) is 6.98. The Hall–Kier alpha value is -2.17. The molecule has 2 saturated heterocycles. The van der Waals surface area contributed by atoms with Crippen molar-refractivity contribution in [1.82, 2.24) is 14.5 Å². The normalized spacial score (nSPS) is 20.9. The van der Waals surface area contributed by atoms with Crippen LogP contribution in [-0.2, 0) is 19.6 Å². The Kier molecular flexibility index (Phi) is 7.09. The zero-order valence-electron chi connectivity index (χ0n) is 16.6. The Morgan fingerprint density at radius 1 is 1.21 bits per heavy atom. The van der Waals surface area contributed by atoms with Gasteiger partial charge >= 0.3 is 6.03 Å². The predicted molar refractivity (Wildman–Crippen MR) is 108 cm³/mol. The number of morpholine rings is 1. The molecule has 1 atom stereocenters. The average molecular weight is 425 g/mol. The molecule has 0 aliphatic carbocycles. The maximum atomic E-state index is 12.8. The number of anilines is 1. The summed E-state index contributed by atoms with van der Waals surface area (Å²) in [4.78, 5) is 26.1. The number of sulfonamides is 1. The van der Waals surface area contributed by atoms with Crippen molar-refractivity contribution in [3.05, 3.63) is 24.3 Å². The summed E-state index contributed by atoms with van der Waals surface area (Å²) in [5, 5.41) is 5.71. The molecule has 0 aromatic heterocycles. The van der Waals surface area contributed by atoms with Gasteiger partial charge in [0.25, 0.3) is 0 Å². The lowest BCUT2D eigenvalue weighted by Gasteiger charge is -2.33. The molecule has 2 aliphatic heterocycles. The fraction of sp³-hybridized carbons (Fsp3) is 0.579. The van der Waals surface area contributed by atoms with E-state index < -0.39 is 10.0 Å². The lowest BCUT2D eigenvalue weighted by molar-refractivity contribution is -0.121. The van der Waals surface area contributed by atoms with Crippen molar-refractivity contribution in [1.29, 1.82) is 0 Å². The van der Waals surface area contributed by atoms with Crippen LogP contribution in [0.4, 0.5) is 10.5 Å². The van der Waals surface area contributed by atoms with Crippen LogP contribution in [-0.4, -0.2) is 75.0 Å². The largest absolute Gasteiger partial charge is 0.379 e. The quantitative estimate of drug-likeness (QED) is 0.739. The number of ether oxygens (including phenoxy) is 1. The van der Waals surface area contributed by atoms with E-state index in [2.05, 4.69) is 10.6 Å². The molecule has 2 aliphatic rings. The topological polar surface area (TPSA) is 108 Å². The van der Waals surface area contributed by atoms with Crippen molar-refractivity contribution in [2.24, 2.45) is 0 Å².